The lowest BCUT2D eigenvalue weighted by molar-refractivity contribution is 0.171. The molecule has 0 N–H and O–H groups in total. The van der Waals surface area contributed by atoms with Gasteiger partial charge in [0, 0.05) is 11.6 Å². The maximum absolute atomic E-state index is 13.3. The molecule has 1 aliphatic heterocycles. The number of ether oxygens (including phenoxy) is 3. The first kappa shape index (κ1) is 21.3. The van der Waals surface area contributed by atoms with Crippen molar-refractivity contribution < 1.29 is 23.0 Å². The van der Waals surface area contributed by atoms with Gasteiger partial charge in [0.15, 0.2) is 11.5 Å². The van der Waals surface area contributed by atoms with Gasteiger partial charge in [-0.2, -0.15) is 0 Å². The van der Waals surface area contributed by atoms with Crippen LogP contribution in [0.5, 0.6) is 17.2 Å². The van der Waals surface area contributed by atoms with Crippen LogP contribution in [0.25, 0.3) is 22.1 Å². The summed E-state index contributed by atoms with van der Waals surface area (Å²) < 4.78 is 36.3. The molecule has 0 amide bonds. The van der Waals surface area contributed by atoms with Gasteiger partial charge in [-0.3, -0.25) is 4.79 Å². The second-order valence-corrected chi connectivity index (χ2v) is 8.08. The summed E-state index contributed by atoms with van der Waals surface area (Å²) in [6.45, 7) is 3.11. The summed E-state index contributed by atoms with van der Waals surface area (Å²) in [7, 11) is 0. The molecular formula is C26H20ClFO5. The fraction of sp³-hybridized carbons (Fsp3) is 0.192. The highest BCUT2D eigenvalue weighted by molar-refractivity contribution is 6.31. The van der Waals surface area contributed by atoms with Crippen molar-refractivity contribution in [2.45, 2.75) is 20.0 Å². The largest absolute Gasteiger partial charge is 0.488 e. The highest BCUT2D eigenvalue weighted by atomic mass is 35.5. The van der Waals surface area contributed by atoms with E-state index < -0.39 is 5.82 Å². The van der Waals surface area contributed by atoms with Crippen LogP contribution in [-0.2, 0) is 13.0 Å². The molecule has 0 unspecified atom stereocenters. The van der Waals surface area contributed by atoms with Crippen LogP contribution in [0, 0.1) is 5.82 Å². The molecule has 0 saturated heterocycles. The zero-order chi connectivity index (χ0) is 22.9. The third-order valence-electron chi connectivity index (χ3n) is 5.59. The maximum atomic E-state index is 13.3. The third-order valence-corrected chi connectivity index (χ3v) is 5.94. The van der Waals surface area contributed by atoms with Crippen LogP contribution >= 0.6 is 11.6 Å². The van der Waals surface area contributed by atoms with Gasteiger partial charge in [0.2, 0.25) is 5.43 Å². The Bertz CT molecular complexity index is 1410. The van der Waals surface area contributed by atoms with Crippen LogP contribution in [0.4, 0.5) is 4.39 Å². The summed E-state index contributed by atoms with van der Waals surface area (Å²) in [5.74, 6) is 1.45. The van der Waals surface area contributed by atoms with E-state index in [1.54, 1.807) is 30.3 Å². The van der Waals surface area contributed by atoms with E-state index >= 15 is 0 Å². The monoisotopic (exact) mass is 466 g/mol. The van der Waals surface area contributed by atoms with Gasteiger partial charge in [0.25, 0.3) is 0 Å². The highest BCUT2D eigenvalue weighted by Gasteiger charge is 2.17. The zero-order valence-corrected chi connectivity index (χ0v) is 18.6. The van der Waals surface area contributed by atoms with Gasteiger partial charge in [0.1, 0.15) is 43.2 Å². The number of aryl methyl sites for hydroxylation is 1. The Labute approximate surface area is 194 Å². The lowest BCUT2D eigenvalue weighted by atomic mass is 10.0. The first-order chi connectivity index (χ1) is 16.0. The molecular weight excluding hydrogens is 447 g/mol. The van der Waals surface area contributed by atoms with Crippen molar-refractivity contribution in [1.29, 1.82) is 0 Å². The Morgan fingerprint density at radius 2 is 1.82 bits per heavy atom. The summed E-state index contributed by atoms with van der Waals surface area (Å²) in [5, 5.41) is 0.760. The first-order valence-corrected chi connectivity index (χ1v) is 11.0. The highest BCUT2D eigenvalue weighted by Crippen LogP contribution is 2.35. The van der Waals surface area contributed by atoms with Crippen molar-refractivity contribution in [2.24, 2.45) is 0 Å². The Morgan fingerprint density at radius 1 is 1.00 bits per heavy atom. The maximum Gasteiger partial charge on any atom is 0.200 e. The van der Waals surface area contributed by atoms with Crippen molar-refractivity contribution in [2.75, 3.05) is 13.2 Å². The van der Waals surface area contributed by atoms with E-state index in [1.165, 1.54) is 18.4 Å². The average molecular weight is 467 g/mol. The summed E-state index contributed by atoms with van der Waals surface area (Å²) in [6, 6.07) is 13.1. The van der Waals surface area contributed by atoms with Crippen LogP contribution in [0.3, 0.4) is 0 Å². The zero-order valence-electron chi connectivity index (χ0n) is 17.8. The molecule has 4 aromatic rings. The Morgan fingerprint density at radius 3 is 2.61 bits per heavy atom. The van der Waals surface area contributed by atoms with Crippen LogP contribution in [0.1, 0.15) is 18.1 Å². The van der Waals surface area contributed by atoms with E-state index in [1.807, 2.05) is 13.0 Å². The van der Waals surface area contributed by atoms with E-state index in [4.69, 9.17) is 30.2 Å². The minimum absolute atomic E-state index is 0.143. The summed E-state index contributed by atoms with van der Waals surface area (Å²) in [5.41, 5.74) is 2.92. The molecule has 7 heteroatoms. The van der Waals surface area contributed by atoms with E-state index in [0.29, 0.717) is 69.6 Å². The van der Waals surface area contributed by atoms with Crippen LogP contribution < -0.4 is 19.6 Å². The van der Waals surface area contributed by atoms with Gasteiger partial charge in [-0.15, -0.1) is 0 Å². The molecule has 0 aliphatic carbocycles. The van der Waals surface area contributed by atoms with Crippen molar-refractivity contribution in [1.82, 2.24) is 0 Å². The van der Waals surface area contributed by atoms with Crippen LogP contribution in [0.2, 0.25) is 5.02 Å². The molecule has 1 aliphatic rings. The summed E-state index contributed by atoms with van der Waals surface area (Å²) >= 11 is 6.11. The Hall–Kier alpha value is -3.51. The Balaban J connectivity index is 1.50. The van der Waals surface area contributed by atoms with Gasteiger partial charge >= 0.3 is 0 Å². The second kappa shape index (κ2) is 8.79. The number of benzene rings is 3. The third kappa shape index (κ3) is 4.14. The fourth-order valence-electron chi connectivity index (χ4n) is 3.82. The normalized spacial score (nSPS) is 12.7. The van der Waals surface area contributed by atoms with Gasteiger partial charge < -0.3 is 18.6 Å². The number of halogens is 2. The fourth-order valence-corrected chi connectivity index (χ4v) is 4.04. The molecule has 0 atom stereocenters. The molecule has 1 aromatic heterocycles. The minimum Gasteiger partial charge on any atom is -0.488 e. The number of hydrogen-bond acceptors (Lipinski definition) is 5. The molecule has 33 heavy (non-hydrogen) atoms. The number of fused-ring (bicyclic) bond motifs is 2. The van der Waals surface area contributed by atoms with Gasteiger partial charge in [-0.1, -0.05) is 30.7 Å². The number of rotatable bonds is 5. The summed E-state index contributed by atoms with van der Waals surface area (Å²) in [6.07, 6.45) is 2.10. The Kier molecular flexibility index (Phi) is 5.68. The predicted molar refractivity (Wildman–Crippen MR) is 124 cm³/mol. The van der Waals surface area contributed by atoms with E-state index in [-0.39, 0.29) is 12.0 Å². The quantitative estimate of drug-likeness (QED) is 0.352. The second-order valence-electron chi connectivity index (χ2n) is 7.67. The molecule has 168 valence electrons. The lowest BCUT2D eigenvalue weighted by Crippen LogP contribution is -2.15. The van der Waals surface area contributed by atoms with Crippen LogP contribution in [-0.4, -0.2) is 13.2 Å². The van der Waals surface area contributed by atoms with E-state index in [0.717, 1.165) is 5.56 Å². The van der Waals surface area contributed by atoms with Crippen molar-refractivity contribution >= 4 is 22.6 Å². The SMILES string of the molecule is CCc1cc2c(=O)c(-c3ccc4c(c3)OCCO4)coc2cc1OCc1ccc(F)cc1Cl. The van der Waals surface area contributed by atoms with E-state index in [9.17, 15) is 9.18 Å². The standard InChI is InChI=1S/C26H20ClFO5/c1-2-15-9-19-24(12-23(15)32-13-17-3-5-18(28)11-21(17)27)33-14-20(26(19)29)16-4-6-22-25(10-16)31-8-7-30-22/h3-6,9-12,14H,2,7-8,13H2,1H3. The topological polar surface area (TPSA) is 57.9 Å². The first-order valence-electron chi connectivity index (χ1n) is 10.6. The molecule has 5 nitrogen and oxygen atoms in total. The predicted octanol–water partition coefficient (Wildman–Crippen LogP) is 6.17. The lowest BCUT2D eigenvalue weighted by Gasteiger charge is -2.18. The number of hydrogen-bond donors (Lipinski definition) is 0. The van der Waals surface area contributed by atoms with Crippen molar-refractivity contribution in [3.05, 3.63) is 87.0 Å². The van der Waals surface area contributed by atoms with Gasteiger partial charge in [0.05, 0.1) is 16.0 Å². The molecule has 3 aromatic carbocycles. The molecule has 0 saturated carbocycles. The van der Waals surface area contributed by atoms with E-state index in [2.05, 4.69) is 0 Å². The van der Waals surface area contributed by atoms with Crippen molar-refractivity contribution in [3.63, 3.8) is 0 Å². The molecule has 0 spiro atoms. The minimum atomic E-state index is -0.403. The molecule has 0 radical (unpaired) electrons. The molecule has 2 heterocycles. The van der Waals surface area contributed by atoms with Crippen LogP contribution in [0.15, 0.2) is 64.0 Å². The molecule has 0 fully saturated rings. The molecule has 0 bridgehead atoms. The molecule has 5 rings (SSSR count). The summed E-state index contributed by atoms with van der Waals surface area (Å²) in [4.78, 5) is 13.3. The smallest absolute Gasteiger partial charge is 0.200 e. The van der Waals surface area contributed by atoms with Crippen molar-refractivity contribution in [3.8, 4) is 28.4 Å². The van der Waals surface area contributed by atoms with Gasteiger partial charge in [-0.25, -0.2) is 4.39 Å². The van der Waals surface area contributed by atoms with Gasteiger partial charge in [-0.05, 0) is 47.9 Å². The average Bonchev–Trinajstić information content (AvgIpc) is 2.83.